The zero-order valence-electron chi connectivity index (χ0n) is 11.4. The molecule has 110 valence electrons. The maximum Gasteiger partial charge on any atom is 0.440 e. The Kier molecular flexibility index (Phi) is 7.13. The van der Waals surface area contributed by atoms with Crippen molar-refractivity contribution in [2.24, 2.45) is 0 Å². The number of hydroxylamine groups is 1. The first-order valence-corrected chi connectivity index (χ1v) is 6.49. The van der Waals surface area contributed by atoms with E-state index in [1.165, 1.54) is 0 Å². The quantitative estimate of drug-likeness (QED) is 0.611. The van der Waals surface area contributed by atoms with E-state index in [0.717, 1.165) is 18.4 Å². The Balaban J connectivity index is 2.26. The molecule has 0 spiro atoms. The molecule has 1 rings (SSSR count). The van der Waals surface area contributed by atoms with Crippen LogP contribution in [0, 0.1) is 0 Å². The van der Waals surface area contributed by atoms with E-state index in [2.05, 4.69) is 4.84 Å². The van der Waals surface area contributed by atoms with Crippen LogP contribution in [0.15, 0.2) is 30.3 Å². The number of ether oxygens (including phenoxy) is 1. The number of nitrogens with one attached hydrogen (secondary N) is 1. The van der Waals surface area contributed by atoms with Gasteiger partial charge in [0.05, 0.1) is 6.61 Å². The van der Waals surface area contributed by atoms with Gasteiger partial charge in [0.25, 0.3) is 0 Å². The van der Waals surface area contributed by atoms with Gasteiger partial charge in [0.15, 0.2) is 6.10 Å². The van der Waals surface area contributed by atoms with Gasteiger partial charge in [-0.05, 0) is 12.0 Å². The van der Waals surface area contributed by atoms with Gasteiger partial charge in [-0.15, -0.1) is 5.48 Å². The van der Waals surface area contributed by atoms with Crippen molar-refractivity contribution in [1.29, 1.82) is 0 Å². The van der Waals surface area contributed by atoms with E-state index >= 15 is 0 Å². The number of carbonyl (C=O) groups is 2. The molecule has 6 heteroatoms. The second-order valence-electron chi connectivity index (χ2n) is 4.22. The molecule has 1 amide bonds. The fourth-order valence-electron chi connectivity index (χ4n) is 1.42. The molecular weight excluding hydrogens is 262 g/mol. The van der Waals surface area contributed by atoms with E-state index in [1.807, 2.05) is 18.5 Å². The zero-order chi connectivity index (χ0) is 14.8. The van der Waals surface area contributed by atoms with Gasteiger partial charge in [0, 0.05) is 6.42 Å². The molecule has 0 heterocycles. The van der Waals surface area contributed by atoms with Crippen molar-refractivity contribution in [1.82, 2.24) is 5.48 Å². The number of rotatable bonds is 6. The van der Waals surface area contributed by atoms with E-state index in [4.69, 9.17) is 4.74 Å². The molecular formula is C14H19NO5. The van der Waals surface area contributed by atoms with Gasteiger partial charge in [-0.2, -0.15) is 0 Å². The van der Waals surface area contributed by atoms with Gasteiger partial charge in [-0.1, -0.05) is 43.7 Å². The minimum atomic E-state index is -1.34. The van der Waals surface area contributed by atoms with E-state index in [9.17, 15) is 14.7 Å². The second kappa shape index (κ2) is 8.92. The van der Waals surface area contributed by atoms with Crippen molar-refractivity contribution < 1.29 is 24.3 Å². The summed E-state index contributed by atoms with van der Waals surface area (Å²) in [5.74, 6) is -0.929. The summed E-state index contributed by atoms with van der Waals surface area (Å²) in [5.41, 5.74) is 2.63. The summed E-state index contributed by atoms with van der Waals surface area (Å²) in [5, 5.41) is 9.63. The molecule has 0 bridgehead atoms. The maximum absolute atomic E-state index is 11.4. The first kappa shape index (κ1) is 16.0. The molecule has 0 aliphatic rings. The number of benzene rings is 1. The summed E-state index contributed by atoms with van der Waals surface area (Å²) < 4.78 is 4.72. The van der Waals surface area contributed by atoms with Crippen molar-refractivity contribution in [3.8, 4) is 0 Å². The van der Waals surface area contributed by atoms with Crippen molar-refractivity contribution in [3.05, 3.63) is 35.9 Å². The largest absolute Gasteiger partial charge is 0.447 e. The van der Waals surface area contributed by atoms with Crippen molar-refractivity contribution in [3.63, 3.8) is 0 Å². The Labute approximate surface area is 117 Å². The molecule has 20 heavy (non-hydrogen) atoms. The minimum Gasteiger partial charge on any atom is -0.447 e. The number of amides is 1. The number of hydrogen-bond acceptors (Lipinski definition) is 5. The van der Waals surface area contributed by atoms with E-state index in [-0.39, 0.29) is 13.0 Å². The SMILES string of the molecule is CCCCOC(=O)NOC(=O)C(O)Cc1ccccc1. The molecule has 2 N–H and O–H groups in total. The van der Waals surface area contributed by atoms with Crippen LogP contribution >= 0.6 is 0 Å². The minimum absolute atomic E-state index is 0.117. The van der Waals surface area contributed by atoms with Crippen molar-refractivity contribution in [2.75, 3.05) is 6.61 Å². The fraction of sp³-hybridized carbons (Fsp3) is 0.429. The van der Waals surface area contributed by atoms with Gasteiger partial charge >= 0.3 is 12.1 Å². The first-order valence-electron chi connectivity index (χ1n) is 6.49. The molecule has 0 aromatic heterocycles. The second-order valence-corrected chi connectivity index (χ2v) is 4.22. The molecule has 0 radical (unpaired) electrons. The van der Waals surface area contributed by atoms with Gasteiger partial charge in [-0.3, -0.25) is 0 Å². The van der Waals surface area contributed by atoms with Crippen molar-refractivity contribution >= 4 is 12.1 Å². The highest BCUT2D eigenvalue weighted by molar-refractivity contribution is 5.76. The predicted molar refractivity (Wildman–Crippen MR) is 71.6 cm³/mol. The van der Waals surface area contributed by atoms with Crippen LogP contribution in [0.5, 0.6) is 0 Å². The topological polar surface area (TPSA) is 84.9 Å². The van der Waals surface area contributed by atoms with Crippen LogP contribution < -0.4 is 5.48 Å². The fourth-order valence-corrected chi connectivity index (χ4v) is 1.42. The molecule has 0 saturated heterocycles. The van der Waals surface area contributed by atoms with Crippen LogP contribution in [0.25, 0.3) is 0 Å². The van der Waals surface area contributed by atoms with Crippen LogP contribution in [0.4, 0.5) is 4.79 Å². The monoisotopic (exact) mass is 281 g/mol. The highest BCUT2D eigenvalue weighted by atomic mass is 16.7. The lowest BCUT2D eigenvalue weighted by Crippen LogP contribution is -2.34. The highest BCUT2D eigenvalue weighted by Crippen LogP contribution is 2.03. The lowest BCUT2D eigenvalue weighted by atomic mass is 10.1. The number of hydrogen-bond donors (Lipinski definition) is 2. The molecule has 0 aliphatic carbocycles. The Morgan fingerprint density at radius 1 is 1.30 bits per heavy atom. The van der Waals surface area contributed by atoms with Crippen LogP contribution in [0.1, 0.15) is 25.3 Å². The van der Waals surface area contributed by atoms with Gasteiger partial charge in [0.1, 0.15) is 0 Å². The molecule has 1 aromatic carbocycles. The molecule has 1 aromatic rings. The first-order chi connectivity index (χ1) is 9.63. The Morgan fingerprint density at radius 3 is 2.65 bits per heavy atom. The molecule has 0 fully saturated rings. The van der Waals surface area contributed by atoms with Crippen LogP contribution in [-0.4, -0.2) is 29.9 Å². The highest BCUT2D eigenvalue weighted by Gasteiger charge is 2.18. The number of aliphatic hydroxyl groups excluding tert-OH is 1. The zero-order valence-corrected chi connectivity index (χ0v) is 11.4. The Hall–Kier alpha value is -2.08. The van der Waals surface area contributed by atoms with E-state index in [1.54, 1.807) is 24.3 Å². The average molecular weight is 281 g/mol. The van der Waals surface area contributed by atoms with Gasteiger partial charge in [0.2, 0.25) is 0 Å². The van der Waals surface area contributed by atoms with Crippen LogP contribution in [0.2, 0.25) is 0 Å². The molecule has 1 unspecified atom stereocenters. The Bertz CT molecular complexity index is 421. The van der Waals surface area contributed by atoms with Crippen molar-refractivity contribution in [2.45, 2.75) is 32.3 Å². The number of carbonyl (C=O) groups excluding carboxylic acids is 2. The van der Waals surface area contributed by atoms with Gasteiger partial charge < -0.3 is 14.7 Å². The summed E-state index contributed by atoms with van der Waals surface area (Å²) in [6, 6.07) is 9.00. The molecule has 0 aliphatic heterocycles. The lowest BCUT2D eigenvalue weighted by molar-refractivity contribution is -0.159. The molecule has 0 saturated carbocycles. The third-order valence-electron chi connectivity index (χ3n) is 2.51. The van der Waals surface area contributed by atoms with Gasteiger partial charge in [-0.25, -0.2) is 9.59 Å². The third-order valence-corrected chi connectivity index (χ3v) is 2.51. The summed E-state index contributed by atoms with van der Waals surface area (Å²) in [4.78, 5) is 27.0. The summed E-state index contributed by atoms with van der Waals surface area (Å²) >= 11 is 0. The standard InChI is InChI=1S/C14H19NO5/c1-2-3-9-19-14(18)15-20-13(17)12(16)10-11-7-5-4-6-8-11/h4-8,12,16H,2-3,9-10H2,1H3,(H,15,18). The van der Waals surface area contributed by atoms with E-state index < -0.39 is 18.2 Å². The normalized spacial score (nSPS) is 11.5. The molecule has 1 atom stereocenters. The maximum atomic E-state index is 11.4. The Morgan fingerprint density at radius 2 is 2.00 bits per heavy atom. The average Bonchev–Trinajstić information content (AvgIpc) is 2.46. The number of unbranched alkanes of at least 4 members (excludes halogenated alkanes) is 1. The molecule has 6 nitrogen and oxygen atoms in total. The summed E-state index contributed by atoms with van der Waals surface area (Å²) in [6.07, 6.45) is -0.445. The van der Waals surface area contributed by atoms with Crippen LogP contribution in [-0.2, 0) is 20.8 Å². The van der Waals surface area contributed by atoms with E-state index in [0.29, 0.717) is 0 Å². The smallest absolute Gasteiger partial charge is 0.440 e. The predicted octanol–water partition coefficient (Wildman–Crippen LogP) is 1.57. The number of aliphatic hydroxyl groups is 1. The lowest BCUT2D eigenvalue weighted by Gasteiger charge is -2.10. The third kappa shape index (κ3) is 6.19. The summed E-state index contributed by atoms with van der Waals surface area (Å²) in [6.45, 7) is 2.22. The summed E-state index contributed by atoms with van der Waals surface area (Å²) in [7, 11) is 0. The van der Waals surface area contributed by atoms with Crippen LogP contribution in [0.3, 0.4) is 0 Å².